The Balaban J connectivity index is 2.92. The first-order valence-corrected chi connectivity index (χ1v) is 6.17. The molecule has 0 bridgehead atoms. The fourth-order valence-electron chi connectivity index (χ4n) is 1.28. The Labute approximate surface area is 108 Å². The van der Waals surface area contributed by atoms with Crippen LogP contribution in [0, 0.1) is 0 Å². The molecule has 0 saturated carbocycles. The molecule has 18 heavy (non-hydrogen) atoms. The lowest BCUT2D eigenvalue weighted by Crippen LogP contribution is -2.38. The van der Waals surface area contributed by atoms with Gasteiger partial charge in [0.25, 0.3) is 5.91 Å². The topological polar surface area (TPSA) is 95.5 Å². The van der Waals surface area contributed by atoms with Crippen LogP contribution in [0.15, 0.2) is 6.07 Å². The Morgan fingerprint density at radius 3 is 2.72 bits per heavy atom. The van der Waals surface area contributed by atoms with Crippen molar-refractivity contribution in [1.82, 2.24) is 5.32 Å². The Kier molecular flexibility index (Phi) is 4.85. The van der Waals surface area contributed by atoms with Gasteiger partial charge in [-0.1, -0.05) is 6.92 Å². The van der Waals surface area contributed by atoms with Crippen LogP contribution in [-0.4, -0.2) is 29.4 Å². The summed E-state index contributed by atoms with van der Waals surface area (Å²) in [7, 11) is 0. The first-order valence-electron chi connectivity index (χ1n) is 5.36. The molecule has 1 atom stereocenters. The van der Waals surface area contributed by atoms with Gasteiger partial charge in [0.15, 0.2) is 0 Å². The highest BCUT2D eigenvalue weighted by atomic mass is 32.1. The predicted octanol–water partition coefficient (Wildman–Crippen LogP) is 1.08. The van der Waals surface area contributed by atoms with E-state index in [1.807, 2.05) is 6.92 Å². The Morgan fingerprint density at radius 2 is 2.22 bits per heavy atom. The van der Waals surface area contributed by atoms with Gasteiger partial charge in [-0.2, -0.15) is 0 Å². The van der Waals surface area contributed by atoms with E-state index in [9.17, 15) is 14.4 Å². The Bertz CT molecular complexity index is 470. The molecule has 6 nitrogen and oxygen atoms in total. The normalized spacial score (nSPS) is 11.7. The number of nitrogens with one attached hydrogen (secondary N) is 2. The molecule has 0 radical (unpaired) electrons. The summed E-state index contributed by atoms with van der Waals surface area (Å²) in [6.45, 7) is 3.30. The number of carboxylic acid groups (broad SMARTS) is 1. The summed E-state index contributed by atoms with van der Waals surface area (Å²) >= 11 is 1.30. The quantitative estimate of drug-likeness (QED) is 0.674. The first kappa shape index (κ1) is 14.2. The third kappa shape index (κ3) is 3.30. The van der Waals surface area contributed by atoms with Crippen molar-refractivity contribution in [2.24, 2.45) is 0 Å². The number of hydrogen-bond acceptors (Lipinski definition) is 4. The van der Waals surface area contributed by atoms with E-state index >= 15 is 0 Å². The van der Waals surface area contributed by atoms with Crippen molar-refractivity contribution in [2.75, 3.05) is 5.32 Å². The number of thiophene rings is 1. The van der Waals surface area contributed by atoms with Gasteiger partial charge in [0.05, 0.1) is 5.56 Å². The number of carboxylic acids is 1. The van der Waals surface area contributed by atoms with Crippen molar-refractivity contribution in [2.45, 2.75) is 26.3 Å². The van der Waals surface area contributed by atoms with E-state index in [4.69, 9.17) is 5.11 Å². The number of anilines is 1. The summed E-state index contributed by atoms with van der Waals surface area (Å²) in [6.07, 6.45) is 1.22. The summed E-state index contributed by atoms with van der Waals surface area (Å²) < 4.78 is 0. The van der Waals surface area contributed by atoms with E-state index in [1.54, 1.807) is 6.07 Å². The van der Waals surface area contributed by atoms with Gasteiger partial charge < -0.3 is 15.7 Å². The molecule has 2 amide bonds. The maximum Gasteiger partial charge on any atom is 0.325 e. The van der Waals surface area contributed by atoms with Crippen molar-refractivity contribution >= 4 is 34.6 Å². The standard InChI is InChI=1S/C11H14N2O4S/c1-3-7-4-8(10(18-7)12-5-14)9(15)13-6(2)11(16)17/h4-6H,3H2,1-2H3,(H,12,14)(H,13,15)(H,16,17). The van der Waals surface area contributed by atoms with E-state index in [1.165, 1.54) is 18.3 Å². The lowest BCUT2D eigenvalue weighted by atomic mass is 10.2. The van der Waals surface area contributed by atoms with Gasteiger partial charge in [0.2, 0.25) is 6.41 Å². The zero-order chi connectivity index (χ0) is 13.7. The second-order valence-electron chi connectivity index (χ2n) is 3.60. The SMILES string of the molecule is CCc1cc(C(=O)NC(C)C(=O)O)c(NC=O)s1. The van der Waals surface area contributed by atoms with Crippen molar-refractivity contribution < 1.29 is 19.5 Å². The summed E-state index contributed by atoms with van der Waals surface area (Å²) in [5, 5.41) is 13.9. The summed E-state index contributed by atoms with van der Waals surface area (Å²) in [5.74, 6) is -1.62. The van der Waals surface area contributed by atoms with Crippen molar-refractivity contribution in [1.29, 1.82) is 0 Å². The minimum atomic E-state index is -1.11. The minimum Gasteiger partial charge on any atom is -0.480 e. The maximum absolute atomic E-state index is 11.9. The molecule has 0 spiro atoms. The van der Waals surface area contributed by atoms with Crippen molar-refractivity contribution in [3.63, 3.8) is 0 Å². The molecule has 0 aliphatic heterocycles. The van der Waals surface area contributed by atoms with Gasteiger partial charge in [0.1, 0.15) is 11.0 Å². The smallest absolute Gasteiger partial charge is 0.325 e. The molecular formula is C11H14N2O4S. The zero-order valence-electron chi connectivity index (χ0n) is 10.0. The molecule has 7 heteroatoms. The van der Waals surface area contributed by atoms with Crippen LogP contribution in [0.3, 0.4) is 0 Å². The molecule has 0 aromatic carbocycles. The monoisotopic (exact) mass is 270 g/mol. The van der Waals surface area contributed by atoms with Crippen LogP contribution >= 0.6 is 11.3 Å². The van der Waals surface area contributed by atoms with Crippen molar-refractivity contribution in [3.8, 4) is 0 Å². The Morgan fingerprint density at radius 1 is 1.56 bits per heavy atom. The first-order chi connectivity index (χ1) is 8.49. The lowest BCUT2D eigenvalue weighted by Gasteiger charge is -2.09. The molecule has 1 aromatic rings. The number of aliphatic carboxylic acids is 1. The third-order valence-electron chi connectivity index (χ3n) is 2.28. The number of carbonyl (C=O) groups excluding carboxylic acids is 2. The molecule has 1 unspecified atom stereocenters. The third-order valence-corrected chi connectivity index (χ3v) is 3.49. The van der Waals surface area contributed by atoms with Crippen LogP contribution < -0.4 is 10.6 Å². The number of hydrogen-bond donors (Lipinski definition) is 3. The lowest BCUT2D eigenvalue weighted by molar-refractivity contribution is -0.138. The van der Waals surface area contributed by atoms with Crippen LogP contribution in [-0.2, 0) is 16.0 Å². The molecule has 1 aromatic heterocycles. The fraction of sp³-hybridized carbons (Fsp3) is 0.364. The average molecular weight is 270 g/mol. The number of aryl methyl sites for hydroxylation is 1. The molecule has 0 aliphatic rings. The largest absolute Gasteiger partial charge is 0.480 e. The highest BCUT2D eigenvalue weighted by molar-refractivity contribution is 7.16. The average Bonchev–Trinajstić information content (AvgIpc) is 2.72. The van der Waals surface area contributed by atoms with Crippen LogP contribution in [0.25, 0.3) is 0 Å². The summed E-state index contributed by atoms with van der Waals surface area (Å²) in [4.78, 5) is 33.9. The molecule has 0 fully saturated rings. The predicted molar refractivity (Wildman–Crippen MR) is 67.9 cm³/mol. The van der Waals surface area contributed by atoms with Gasteiger partial charge in [-0.15, -0.1) is 11.3 Å². The Hall–Kier alpha value is -1.89. The second kappa shape index (κ2) is 6.15. The highest BCUT2D eigenvalue weighted by Crippen LogP contribution is 2.28. The minimum absolute atomic E-state index is 0.289. The highest BCUT2D eigenvalue weighted by Gasteiger charge is 2.19. The molecule has 0 aliphatic carbocycles. The van der Waals surface area contributed by atoms with E-state index in [-0.39, 0.29) is 5.56 Å². The summed E-state index contributed by atoms with van der Waals surface area (Å²) in [6, 6.07) is 0.673. The molecule has 0 saturated heterocycles. The van der Waals surface area contributed by atoms with E-state index in [0.717, 1.165) is 11.3 Å². The van der Waals surface area contributed by atoms with Gasteiger partial charge in [-0.25, -0.2) is 0 Å². The number of amides is 2. The van der Waals surface area contributed by atoms with Crippen LogP contribution in [0.4, 0.5) is 5.00 Å². The zero-order valence-corrected chi connectivity index (χ0v) is 10.8. The van der Waals surface area contributed by atoms with Gasteiger partial charge in [-0.05, 0) is 19.4 Å². The second-order valence-corrected chi connectivity index (χ2v) is 4.74. The molecule has 1 rings (SSSR count). The number of rotatable bonds is 6. The fourth-order valence-corrected chi connectivity index (χ4v) is 2.23. The van der Waals surface area contributed by atoms with Gasteiger partial charge in [0, 0.05) is 4.88 Å². The molecule has 98 valence electrons. The molecular weight excluding hydrogens is 256 g/mol. The van der Waals surface area contributed by atoms with Crippen LogP contribution in [0.1, 0.15) is 29.1 Å². The van der Waals surface area contributed by atoms with Gasteiger partial charge >= 0.3 is 5.97 Å². The van der Waals surface area contributed by atoms with Crippen LogP contribution in [0.2, 0.25) is 0 Å². The molecule has 1 heterocycles. The van der Waals surface area contributed by atoms with E-state index < -0.39 is 17.9 Å². The van der Waals surface area contributed by atoms with E-state index in [2.05, 4.69) is 10.6 Å². The summed E-state index contributed by atoms with van der Waals surface area (Å²) in [5.41, 5.74) is 0.289. The van der Waals surface area contributed by atoms with Crippen LogP contribution in [0.5, 0.6) is 0 Å². The number of carbonyl (C=O) groups is 3. The van der Waals surface area contributed by atoms with Crippen molar-refractivity contribution in [3.05, 3.63) is 16.5 Å². The van der Waals surface area contributed by atoms with Gasteiger partial charge in [-0.3, -0.25) is 14.4 Å². The molecule has 3 N–H and O–H groups in total. The van der Waals surface area contributed by atoms with E-state index in [0.29, 0.717) is 11.4 Å². The maximum atomic E-state index is 11.9.